The van der Waals surface area contributed by atoms with E-state index in [0.29, 0.717) is 17.4 Å². The third kappa shape index (κ3) is 4.83. The molecule has 0 fully saturated rings. The Morgan fingerprint density at radius 3 is 2.39 bits per heavy atom. The predicted molar refractivity (Wildman–Crippen MR) is 95.3 cm³/mol. The van der Waals surface area contributed by atoms with Crippen molar-refractivity contribution in [3.05, 3.63) is 57.6 Å². The van der Waals surface area contributed by atoms with Gasteiger partial charge in [-0.05, 0) is 60.7 Å². The maximum Gasteiger partial charge on any atom is 0.349 e. The fourth-order valence-corrected chi connectivity index (χ4v) is 2.99. The van der Waals surface area contributed by atoms with Crippen molar-refractivity contribution in [3.63, 3.8) is 0 Å². The lowest BCUT2D eigenvalue weighted by Gasteiger charge is -2.12. The number of carbonyl (C=O) groups is 1. The average molecular weight is 377 g/mol. The molecule has 2 aromatic carbocycles. The van der Waals surface area contributed by atoms with E-state index in [1.54, 1.807) is 0 Å². The molecule has 2 rings (SSSR count). The number of aryl methyl sites for hydroxylation is 2. The maximum absolute atomic E-state index is 12.0. The normalized spacial score (nSPS) is 10.7. The number of carbonyl (C=O) groups excluding carboxylic acids is 1. The second-order valence-electron chi connectivity index (χ2n) is 5.86. The number of benzene rings is 2. The molecule has 0 N–H and O–H groups in total. The van der Waals surface area contributed by atoms with Crippen LogP contribution in [0, 0.1) is 13.8 Å². The number of rotatable bonds is 5. The van der Waals surface area contributed by atoms with Crippen LogP contribution in [0.5, 0.6) is 11.5 Å². The Bertz CT molecular complexity index is 685. The molecule has 122 valence electrons. The van der Waals surface area contributed by atoms with Crippen LogP contribution in [0.1, 0.15) is 36.5 Å². The molecule has 0 unspecified atom stereocenters. The van der Waals surface area contributed by atoms with Crippen LogP contribution in [0.15, 0.2) is 40.9 Å². The highest BCUT2D eigenvalue weighted by molar-refractivity contribution is 9.10. The zero-order valence-electron chi connectivity index (χ0n) is 13.9. The van der Waals surface area contributed by atoms with Crippen LogP contribution in [0.4, 0.5) is 0 Å². The first-order valence-electron chi connectivity index (χ1n) is 7.57. The molecule has 23 heavy (non-hydrogen) atoms. The minimum atomic E-state index is -0.409. The van der Waals surface area contributed by atoms with E-state index in [2.05, 4.69) is 29.8 Å². The van der Waals surface area contributed by atoms with Gasteiger partial charge in [0, 0.05) is 4.47 Å². The molecule has 4 heteroatoms. The summed E-state index contributed by atoms with van der Waals surface area (Å²) in [6.45, 7) is 7.94. The summed E-state index contributed by atoms with van der Waals surface area (Å²) in [4.78, 5) is 12.0. The van der Waals surface area contributed by atoms with Crippen molar-refractivity contribution in [1.29, 1.82) is 0 Å². The highest BCUT2D eigenvalue weighted by Crippen LogP contribution is 2.27. The molecule has 0 heterocycles. The first-order valence-corrected chi connectivity index (χ1v) is 8.36. The maximum atomic E-state index is 12.0. The van der Waals surface area contributed by atoms with E-state index in [4.69, 9.17) is 9.47 Å². The molecule has 0 spiro atoms. The summed E-state index contributed by atoms with van der Waals surface area (Å²) in [5.41, 5.74) is 2.99. The number of halogens is 1. The first-order chi connectivity index (χ1) is 10.9. The zero-order valence-corrected chi connectivity index (χ0v) is 15.4. The third-order valence-electron chi connectivity index (χ3n) is 3.52. The summed E-state index contributed by atoms with van der Waals surface area (Å²) >= 11 is 3.43. The highest BCUT2D eigenvalue weighted by atomic mass is 79.9. The molecule has 3 nitrogen and oxygen atoms in total. The summed E-state index contributed by atoms with van der Waals surface area (Å²) in [6, 6.07) is 11.6. The van der Waals surface area contributed by atoms with Crippen molar-refractivity contribution in [2.75, 3.05) is 6.61 Å². The standard InChI is InChI=1S/C19H21BrO3/c1-12(2)15-6-5-7-17(10-15)22-11-18(21)23-19-13(3)8-16(20)9-14(19)4/h5-10,12H,11H2,1-4H3. The van der Waals surface area contributed by atoms with Crippen molar-refractivity contribution in [3.8, 4) is 11.5 Å². The lowest BCUT2D eigenvalue weighted by molar-refractivity contribution is -0.136. The SMILES string of the molecule is Cc1cc(Br)cc(C)c1OC(=O)COc1cccc(C(C)C)c1. The number of ether oxygens (including phenoxy) is 2. The highest BCUT2D eigenvalue weighted by Gasteiger charge is 2.12. The number of hydrogen-bond acceptors (Lipinski definition) is 3. The van der Waals surface area contributed by atoms with Crippen LogP contribution >= 0.6 is 15.9 Å². The van der Waals surface area contributed by atoms with Gasteiger partial charge in [0.15, 0.2) is 6.61 Å². The van der Waals surface area contributed by atoms with Crippen molar-refractivity contribution < 1.29 is 14.3 Å². The van der Waals surface area contributed by atoms with Gasteiger partial charge < -0.3 is 9.47 Å². The summed E-state index contributed by atoms with van der Waals surface area (Å²) in [7, 11) is 0. The molecule has 0 aliphatic carbocycles. The van der Waals surface area contributed by atoms with Crippen LogP contribution in [-0.2, 0) is 4.79 Å². The molecule has 0 radical (unpaired) electrons. The predicted octanol–water partition coefficient (Wildman–Crippen LogP) is 5.17. The monoisotopic (exact) mass is 376 g/mol. The smallest absolute Gasteiger partial charge is 0.349 e. The Hall–Kier alpha value is -1.81. The van der Waals surface area contributed by atoms with Crippen molar-refractivity contribution >= 4 is 21.9 Å². The molecule has 2 aromatic rings. The van der Waals surface area contributed by atoms with E-state index in [1.807, 2.05) is 50.2 Å². The quantitative estimate of drug-likeness (QED) is 0.533. The average Bonchev–Trinajstić information content (AvgIpc) is 2.49. The van der Waals surface area contributed by atoms with Gasteiger partial charge in [-0.3, -0.25) is 0 Å². The molecule has 0 atom stereocenters. The molecule has 0 aromatic heterocycles. The topological polar surface area (TPSA) is 35.5 Å². The van der Waals surface area contributed by atoms with E-state index >= 15 is 0 Å². The van der Waals surface area contributed by atoms with Gasteiger partial charge in [-0.15, -0.1) is 0 Å². The summed E-state index contributed by atoms with van der Waals surface area (Å²) in [5.74, 6) is 1.28. The molecule has 0 amide bonds. The van der Waals surface area contributed by atoms with Crippen molar-refractivity contribution in [2.24, 2.45) is 0 Å². The largest absolute Gasteiger partial charge is 0.482 e. The summed E-state index contributed by atoms with van der Waals surface area (Å²) in [5, 5.41) is 0. The van der Waals surface area contributed by atoms with Gasteiger partial charge in [-0.1, -0.05) is 41.9 Å². The van der Waals surface area contributed by atoms with Crippen LogP contribution < -0.4 is 9.47 Å². The van der Waals surface area contributed by atoms with Gasteiger partial charge in [0.2, 0.25) is 0 Å². The lowest BCUT2D eigenvalue weighted by Crippen LogP contribution is -2.18. The molecule has 0 bridgehead atoms. The van der Waals surface area contributed by atoms with E-state index in [0.717, 1.165) is 15.6 Å². The van der Waals surface area contributed by atoms with Gasteiger partial charge in [0.05, 0.1) is 0 Å². The van der Waals surface area contributed by atoms with E-state index in [1.165, 1.54) is 5.56 Å². The van der Waals surface area contributed by atoms with Gasteiger partial charge >= 0.3 is 5.97 Å². The first kappa shape index (κ1) is 17.5. The van der Waals surface area contributed by atoms with E-state index in [-0.39, 0.29) is 6.61 Å². The minimum absolute atomic E-state index is 0.115. The second-order valence-corrected chi connectivity index (χ2v) is 6.77. The van der Waals surface area contributed by atoms with Gasteiger partial charge in [-0.25, -0.2) is 4.79 Å². The molecule has 0 aliphatic rings. The van der Waals surface area contributed by atoms with Crippen molar-refractivity contribution in [1.82, 2.24) is 0 Å². The Labute approximate surface area is 145 Å². The van der Waals surface area contributed by atoms with Crippen LogP contribution in [-0.4, -0.2) is 12.6 Å². The molecule has 0 saturated heterocycles. The third-order valence-corrected chi connectivity index (χ3v) is 3.98. The minimum Gasteiger partial charge on any atom is -0.482 e. The fourth-order valence-electron chi connectivity index (χ4n) is 2.31. The van der Waals surface area contributed by atoms with E-state index < -0.39 is 5.97 Å². The van der Waals surface area contributed by atoms with Crippen LogP contribution in [0.2, 0.25) is 0 Å². The number of esters is 1. The summed E-state index contributed by atoms with van der Waals surface area (Å²) in [6.07, 6.45) is 0. The van der Waals surface area contributed by atoms with Gasteiger partial charge in [-0.2, -0.15) is 0 Å². The van der Waals surface area contributed by atoms with Gasteiger partial charge in [0.1, 0.15) is 11.5 Å². The molecule has 0 aliphatic heterocycles. The van der Waals surface area contributed by atoms with Crippen molar-refractivity contribution in [2.45, 2.75) is 33.6 Å². The van der Waals surface area contributed by atoms with Crippen LogP contribution in [0.25, 0.3) is 0 Å². The lowest BCUT2D eigenvalue weighted by atomic mass is 10.0. The van der Waals surface area contributed by atoms with E-state index in [9.17, 15) is 4.79 Å². The zero-order chi connectivity index (χ0) is 17.0. The Morgan fingerprint density at radius 1 is 1.13 bits per heavy atom. The molecular weight excluding hydrogens is 356 g/mol. The fraction of sp³-hybridized carbons (Fsp3) is 0.316. The second kappa shape index (κ2) is 7.64. The molecule has 0 saturated carbocycles. The Morgan fingerprint density at radius 2 is 1.78 bits per heavy atom. The molecular formula is C19H21BrO3. The summed E-state index contributed by atoms with van der Waals surface area (Å²) < 4.78 is 12.0. The Kier molecular flexibility index (Phi) is 5.83. The van der Waals surface area contributed by atoms with Gasteiger partial charge in [0.25, 0.3) is 0 Å². The number of hydrogen-bond donors (Lipinski definition) is 0. The van der Waals surface area contributed by atoms with Crippen LogP contribution in [0.3, 0.4) is 0 Å². The Balaban J connectivity index is 2.00.